The smallest absolute Gasteiger partial charge is 0.172 e. The summed E-state index contributed by atoms with van der Waals surface area (Å²) < 4.78 is 13.4. The molecule has 0 spiro atoms. The van der Waals surface area contributed by atoms with E-state index in [-0.39, 0.29) is 5.82 Å². The van der Waals surface area contributed by atoms with Crippen molar-refractivity contribution in [1.29, 1.82) is 0 Å². The minimum absolute atomic E-state index is 0.244. The fraction of sp³-hybridized carbons (Fsp3) is 0.143. The van der Waals surface area contributed by atoms with Crippen molar-refractivity contribution >= 4 is 23.1 Å². The Bertz CT molecular complexity index is 586. The van der Waals surface area contributed by atoms with Crippen LogP contribution in [0.1, 0.15) is 11.3 Å². The summed E-state index contributed by atoms with van der Waals surface area (Å²) in [5.74, 6) is 0.428. The summed E-state index contributed by atoms with van der Waals surface area (Å²) in [5.41, 5.74) is 1.48. The highest BCUT2D eigenvalue weighted by Crippen LogP contribution is 2.06. The van der Waals surface area contributed by atoms with Crippen molar-refractivity contribution in [3.8, 4) is 0 Å². The Labute approximate surface area is 116 Å². The number of pyridine rings is 1. The average Bonchev–Trinajstić information content (AvgIpc) is 2.38. The summed E-state index contributed by atoms with van der Waals surface area (Å²) in [5, 5.41) is 6.33. The molecule has 2 aromatic rings. The third kappa shape index (κ3) is 3.99. The molecule has 0 aliphatic heterocycles. The highest BCUT2D eigenvalue weighted by molar-refractivity contribution is 7.80. The summed E-state index contributed by atoms with van der Waals surface area (Å²) in [7, 11) is 0. The van der Waals surface area contributed by atoms with Crippen LogP contribution in [0.25, 0.3) is 0 Å². The molecule has 2 rings (SSSR count). The first-order valence-electron chi connectivity index (χ1n) is 5.87. The molecule has 1 aromatic heterocycles. The molecule has 0 saturated heterocycles. The highest BCUT2D eigenvalue weighted by atomic mass is 32.1. The van der Waals surface area contributed by atoms with Gasteiger partial charge < -0.3 is 10.6 Å². The van der Waals surface area contributed by atoms with E-state index in [1.54, 1.807) is 18.2 Å². The van der Waals surface area contributed by atoms with Gasteiger partial charge >= 0.3 is 0 Å². The molecule has 3 nitrogen and oxygen atoms in total. The van der Waals surface area contributed by atoms with Crippen molar-refractivity contribution in [1.82, 2.24) is 10.3 Å². The number of halogens is 1. The van der Waals surface area contributed by atoms with Crippen LogP contribution in [0.2, 0.25) is 0 Å². The maximum atomic E-state index is 13.4. The molecule has 0 saturated carbocycles. The normalized spacial score (nSPS) is 10.0. The molecule has 0 amide bonds. The molecule has 0 radical (unpaired) electrons. The molecule has 5 heteroatoms. The van der Waals surface area contributed by atoms with Gasteiger partial charge in [0.05, 0.1) is 0 Å². The topological polar surface area (TPSA) is 37.0 Å². The molecule has 1 heterocycles. The van der Waals surface area contributed by atoms with E-state index in [1.807, 2.05) is 25.1 Å². The average molecular weight is 275 g/mol. The summed E-state index contributed by atoms with van der Waals surface area (Å²) >= 11 is 5.14. The Kier molecular flexibility index (Phi) is 4.41. The number of aryl methyl sites for hydroxylation is 1. The van der Waals surface area contributed by atoms with Gasteiger partial charge in [-0.25, -0.2) is 9.37 Å². The van der Waals surface area contributed by atoms with Gasteiger partial charge in [0.15, 0.2) is 5.11 Å². The van der Waals surface area contributed by atoms with Crippen molar-refractivity contribution in [3.05, 3.63) is 59.5 Å². The minimum atomic E-state index is -0.244. The first-order valence-corrected chi connectivity index (χ1v) is 6.28. The van der Waals surface area contributed by atoms with E-state index in [0.717, 1.165) is 5.69 Å². The zero-order valence-electron chi connectivity index (χ0n) is 10.5. The van der Waals surface area contributed by atoms with E-state index in [4.69, 9.17) is 12.2 Å². The van der Waals surface area contributed by atoms with E-state index >= 15 is 0 Å². The first kappa shape index (κ1) is 13.4. The molecule has 0 bridgehead atoms. The van der Waals surface area contributed by atoms with Crippen molar-refractivity contribution in [2.45, 2.75) is 13.5 Å². The molecule has 0 fully saturated rings. The molecular weight excluding hydrogens is 261 g/mol. The second-order valence-corrected chi connectivity index (χ2v) is 4.47. The van der Waals surface area contributed by atoms with Crippen LogP contribution in [0.4, 0.5) is 10.2 Å². The SMILES string of the molecule is Cc1cccc(NC(=S)NCc2ccccc2F)n1. The minimum Gasteiger partial charge on any atom is -0.358 e. The lowest BCUT2D eigenvalue weighted by molar-refractivity contribution is 0.606. The lowest BCUT2D eigenvalue weighted by atomic mass is 10.2. The number of benzene rings is 1. The largest absolute Gasteiger partial charge is 0.358 e. The molecule has 0 aliphatic rings. The van der Waals surface area contributed by atoms with Crippen LogP contribution in [0, 0.1) is 12.7 Å². The fourth-order valence-electron chi connectivity index (χ4n) is 1.59. The Morgan fingerprint density at radius 1 is 1.21 bits per heavy atom. The van der Waals surface area contributed by atoms with Gasteiger partial charge in [-0.05, 0) is 37.3 Å². The zero-order valence-corrected chi connectivity index (χ0v) is 11.3. The summed E-state index contributed by atoms with van der Waals surface area (Å²) in [6.45, 7) is 2.24. The number of nitrogens with zero attached hydrogens (tertiary/aromatic N) is 1. The highest BCUT2D eigenvalue weighted by Gasteiger charge is 2.02. The molecule has 0 aliphatic carbocycles. The van der Waals surface area contributed by atoms with Gasteiger partial charge in [-0.1, -0.05) is 24.3 Å². The van der Waals surface area contributed by atoms with Crippen LogP contribution in [0.15, 0.2) is 42.5 Å². The van der Waals surface area contributed by atoms with Gasteiger partial charge in [0.2, 0.25) is 0 Å². The number of hydrogen-bond acceptors (Lipinski definition) is 2. The summed E-state index contributed by atoms with van der Waals surface area (Å²) in [4.78, 5) is 4.27. The molecule has 19 heavy (non-hydrogen) atoms. The van der Waals surface area contributed by atoms with E-state index in [1.165, 1.54) is 6.07 Å². The van der Waals surface area contributed by atoms with Gasteiger partial charge in [-0.2, -0.15) is 0 Å². The molecule has 98 valence electrons. The van der Waals surface area contributed by atoms with Crippen LogP contribution in [-0.2, 0) is 6.54 Å². The second-order valence-electron chi connectivity index (χ2n) is 4.06. The molecule has 2 N–H and O–H groups in total. The lowest BCUT2D eigenvalue weighted by Crippen LogP contribution is -2.28. The van der Waals surface area contributed by atoms with Crippen LogP contribution in [0.3, 0.4) is 0 Å². The third-order valence-electron chi connectivity index (χ3n) is 2.53. The maximum Gasteiger partial charge on any atom is 0.172 e. The Balaban J connectivity index is 1.90. The fourth-order valence-corrected chi connectivity index (χ4v) is 1.77. The Hall–Kier alpha value is -2.01. The summed E-state index contributed by atoms with van der Waals surface area (Å²) in [6.07, 6.45) is 0. The number of anilines is 1. The predicted molar refractivity (Wildman–Crippen MR) is 78.4 cm³/mol. The monoisotopic (exact) mass is 275 g/mol. The zero-order chi connectivity index (χ0) is 13.7. The maximum absolute atomic E-state index is 13.4. The number of hydrogen-bond donors (Lipinski definition) is 2. The van der Waals surface area contributed by atoms with Gasteiger partial charge in [-0.15, -0.1) is 0 Å². The van der Waals surface area contributed by atoms with Crippen molar-refractivity contribution < 1.29 is 4.39 Å². The standard InChI is InChI=1S/C14H14FN3S/c1-10-5-4-8-13(17-10)18-14(19)16-9-11-6-2-3-7-12(11)15/h2-8H,9H2,1H3,(H2,16,17,18,19). The number of rotatable bonds is 3. The number of aromatic nitrogens is 1. The Morgan fingerprint density at radius 2 is 2.00 bits per heavy atom. The third-order valence-corrected chi connectivity index (χ3v) is 2.77. The van der Waals surface area contributed by atoms with Gasteiger partial charge in [-0.3, -0.25) is 0 Å². The van der Waals surface area contributed by atoms with Crippen molar-refractivity contribution in [2.24, 2.45) is 0 Å². The predicted octanol–water partition coefficient (Wildman–Crippen LogP) is 3.02. The molecule has 1 aromatic carbocycles. The van der Waals surface area contributed by atoms with Crippen LogP contribution in [-0.4, -0.2) is 10.1 Å². The number of nitrogens with one attached hydrogen (secondary N) is 2. The van der Waals surface area contributed by atoms with Crippen LogP contribution >= 0.6 is 12.2 Å². The van der Waals surface area contributed by atoms with E-state index in [0.29, 0.717) is 23.0 Å². The lowest BCUT2D eigenvalue weighted by Gasteiger charge is -2.10. The van der Waals surface area contributed by atoms with Gasteiger partial charge in [0.25, 0.3) is 0 Å². The van der Waals surface area contributed by atoms with Crippen LogP contribution < -0.4 is 10.6 Å². The first-order chi connectivity index (χ1) is 9.15. The van der Waals surface area contributed by atoms with E-state index in [9.17, 15) is 4.39 Å². The quantitative estimate of drug-likeness (QED) is 0.844. The van der Waals surface area contributed by atoms with Crippen molar-refractivity contribution in [2.75, 3.05) is 5.32 Å². The van der Waals surface area contributed by atoms with E-state index in [2.05, 4.69) is 15.6 Å². The summed E-state index contributed by atoms with van der Waals surface area (Å²) in [6, 6.07) is 12.2. The van der Waals surface area contributed by atoms with Crippen molar-refractivity contribution in [3.63, 3.8) is 0 Å². The molecular formula is C14H14FN3S. The van der Waals surface area contributed by atoms with Crippen LogP contribution in [0.5, 0.6) is 0 Å². The molecule has 0 unspecified atom stereocenters. The number of thiocarbonyl (C=S) groups is 1. The second kappa shape index (κ2) is 6.24. The van der Waals surface area contributed by atoms with E-state index < -0.39 is 0 Å². The van der Waals surface area contributed by atoms with Gasteiger partial charge in [0.1, 0.15) is 11.6 Å². The molecule has 0 atom stereocenters. The van der Waals surface area contributed by atoms with Gasteiger partial charge in [0, 0.05) is 17.8 Å². The Morgan fingerprint density at radius 3 is 2.74 bits per heavy atom.